The van der Waals surface area contributed by atoms with E-state index in [9.17, 15) is 0 Å². The standard InChI is InChI=1S/C8H12I/c9-7-6-8-4-2-1-3-5-8/h4,6-7,9H,1-3,5H2/q+1/b7-6-. The predicted molar refractivity (Wildman–Crippen MR) is 37.1 cm³/mol. The number of hydrogen-bond donors (Lipinski definition) is 0. The lowest BCUT2D eigenvalue weighted by Crippen LogP contribution is -3.30. The molecule has 9 heavy (non-hydrogen) atoms. The molecule has 0 unspecified atom stereocenters. The number of rotatable bonds is 1. The first kappa shape index (κ1) is 7.32. The molecule has 0 spiro atoms. The van der Waals surface area contributed by atoms with Crippen LogP contribution in [-0.4, -0.2) is 0 Å². The van der Waals surface area contributed by atoms with Crippen LogP contribution in [0.3, 0.4) is 0 Å². The molecule has 0 saturated carbocycles. The Morgan fingerprint density at radius 1 is 1.44 bits per heavy atom. The molecule has 0 aromatic carbocycles. The van der Waals surface area contributed by atoms with Gasteiger partial charge in [0.2, 0.25) is 0 Å². The van der Waals surface area contributed by atoms with Crippen molar-refractivity contribution in [2.75, 3.05) is 0 Å². The molecule has 0 aliphatic heterocycles. The van der Waals surface area contributed by atoms with Crippen molar-refractivity contribution in [2.45, 2.75) is 25.7 Å². The van der Waals surface area contributed by atoms with Crippen molar-refractivity contribution in [2.24, 2.45) is 0 Å². The van der Waals surface area contributed by atoms with Crippen LogP contribution in [0, 0.1) is 0 Å². The van der Waals surface area contributed by atoms with Gasteiger partial charge >= 0.3 is 0 Å². The number of hydrogen-bond acceptors (Lipinski definition) is 0. The number of halogens is 1. The molecule has 0 N–H and O–H groups in total. The summed E-state index contributed by atoms with van der Waals surface area (Å²) < 4.78 is 2.13. The summed E-state index contributed by atoms with van der Waals surface area (Å²) in [6, 6.07) is 0. The van der Waals surface area contributed by atoms with E-state index < -0.39 is 0 Å². The Balaban J connectivity index is 2.46. The maximum atomic E-state index is 2.35. The fourth-order valence-corrected chi connectivity index (χ4v) is 1.60. The molecule has 0 heterocycles. The Morgan fingerprint density at radius 2 is 2.33 bits per heavy atom. The van der Waals surface area contributed by atoms with Crippen LogP contribution in [-0.2, 0) is 0 Å². The van der Waals surface area contributed by atoms with Crippen LogP contribution in [0.4, 0.5) is 0 Å². The molecule has 0 amide bonds. The highest BCUT2D eigenvalue weighted by molar-refractivity contribution is 5.18. The van der Waals surface area contributed by atoms with E-state index in [0.717, 1.165) is 0 Å². The van der Waals surface area contributed by atoms with Gasteiger partial charge in [0.1, 0.15) is 0 Å². The minimum absolute atomic E-state index is 1.29. The first-order valence-electron chi connectivity index (χ1n) is 3.41. The summed E-state index contributed by atoms with van der Waals surface area (Å²) in [4.78, 5) is 0. The van der Waals surface area contributed by atoms with Crippen molar-refractivity contribution in [1.82, 2.24) is 0 Å². The lowest BCUT2D eigenvalue weighted by molar-refractivity contribution is -0.274. The van der Waals surface area contributed by atoms with Crippen molar-refractivity contribution in [3.8, 4) is 0 Å². The smallest absolute Gasteiger partial charge is 0.0812 e. The van der Waals surface area contributed by atoms with Gasteiger partial charge in [0.05, 0.1) is 0 Å². The summed E-state index contributed by atoms with van der Waals surface area (Å²) in [6.45, 7) is 0. The molecule has 0 atom stereocenters. The molecular formula is C8H12I+. The van der Waals surface area contributed by atoms with Crippen LogP contribution in [0.25, 0.3) is 0 Å². The van der Waals surface area contributed by atoms with Gasteiger partial charge in [-0.15, -0.1) is 0 Å². The zero-order valence-corrected chi connectivity index (χ0v) is 7.80. The molecule has 1 rings (SSSR count). The summed E-state index contributed by atoms with van der Waals surface area (Å²) in [5, 5.41) is 0. The first-order chi connectivity index (χ1) is 4.43. The second-order valence-electron chi connectivity index (χ2n) is 2.33. The second kappa shape index (κ2) is 4.09. The minimum Gasteiger partial charge on any atom is -0.0812 e. The third-order valence-corrected chi connectivity index (χ3v) is 2.00. The molecule has 50 valence electrons. The summed E-state index contributed by atoms with van der Waals surface area (Å²) in [5.41, 5.74) is 1.53. The first-order valence-corrected chi connectivity index (χ1v) is 4.75. The predicted octanol–water partition coefficient (Wildman–Crippen LogP) is -0.714. The van der Waals surface area contributed by atoms with E-state index in [1.807, 2.05) is 22.6 Å². The van der Waals surface area contributed by atoms with Gasteiger partial charge in [-0.05, 0) is 37.3 Å². The van der Waals surface area contributed by atoms with Crippen LogP contribution >= 0.6 is 0 Å². The van der Waals surface area contributed by atoms with E-state index in [2.05, 4.69) is 16.2 Å². The van der Waals surface area contributed by atoms with Crippen molar-refractivity contribution in [3.05, 3.63) is 21.8 Å². The highest BCUT2D eigenvalue weighted by Crippen LogP contribution is 2.17. The Morgan fingerprint density at radius 3 is 2.89 bits per heavy atom. The molecule has 0 aromatic rings. The normalized spacial score (nSPS) is 20.3. The fraction of sp³-hybridized carbons (Fsp3) is 0.500. The SMILES string of the molecule is [IH+]/C=C\C1=CCCCC1. The van der Waals surface area contributed by atoms with Crippen LogP contribution in [0.5, 0.6) is 0 Å². The van der Waals surface area contributed by atoms with Gasteiger partial charge in [-0.2, -0.15) is 0 Å². The fourth-order valence-electron chi connectivity index (χ4n) is 1.10. The lowest BCUT2D eigenvalue weighted by Gasteiger charge is -2.06. The van der Waals surface area contributed by atoms with Gasteiger partial charge in [-0.3, -0.25) is 0 Å². The van der Waals surface area contributed by atoms with Crippen molar-refractivity contribution < 1.29 is 22.6 Å². The summed E-state index contributed by atoms with van der Waals surface area (Å²) in [7, 11) is 0. The van der Waals surface area contributed by atoms with E-state index in [1.54, 1.807) is 0 Å². The Bertz CT molecular complexity index is 134. The van der Waals surface area contributed by atoms with E-state index in [4.69, 9.17) is 0 Å². The van der Waals surface area contributed by atoms with Gasteiger partial charge in [-0.1, -0.05) is 6.08 Å². The van der Waals surface area contributed by atoms with E-state index >= 15 is 0 Å². The molecule has 1 aliphatic carbocycles. The summed E-state index contributed by atoms with van der Waals surface area (Å²) in [5.74, 6) is 0. The minimum atomic E-state index is 1.29. The Labute approximate surface area is 70.2 Å². The molecular weight excluding hydrogens is 223 g/mol. The largest absolute Gasteiger partial charge is 0.288 e. The molecule has 1 aliphatic rings. The molecule has 0 saturated heterocycles. The van der Waals surface area contributed by atoms with E-state index in [-0.39, 0.29) is 0 Å². The lowest BCUT2D eigenvalue weighted by atomic mass is 10.0. The van der Waals surface area contributed by atoms with Crippen molar-refractivity contribution >= 4 is 0 Å². The Kier molecular flexibility index (Phi) is 3.33. The van der Waals surface area contributed by atoms with Crippen molar-refractivity contribution in [1.29, 1.82) is 0 Å². The average molecular weight is 235 g/mol. The Hall–Kier alpha value is 0.210. The van der Waals surface area contributed by atoms with Gasteiger partial charge in [-0.25, -0.2) is 0 Å². The van der Waals surface area contributed by atoms with Crippen LogP contribution in [0.1, 0.15) is 25.7 Å². The van der Waals surface area contributed by atoms with Gasteiger partial charge in [0.15, 0.2) is 4.08 Å². The topological polar surface area (TPSA) is 0 Å². The highest BCUT2D eigenvalue weighted by atomic mass is 127. The molecule has 0 bridgehead atoms. The van der Waals surface area contributed by atoms with Crippen LogP contribution in [0.2, 0.25) is 0 Å². The van der Waals surface area contributed by atoms with Crippen LogP contribution < -0.4 is 22.6 Å². The molecule has 1 heteroatoms. The van der Waals surface area contributed by atoms with E-state index in [0.29, 0.717) is 0 Å². The highest BCUT2D eigenvalue weighted by Gasteiger charge is 1.98. The van der Waals surface area contributed by atoms with E-state index in [1.165, 1.54) is 31.3 Å². The van der Waals surface area contributed by atoms with Gasteiger partial charge in [0, 0.05) is 0 Å². The van der Waals surface area contributed by atoms with Crippen LogP contribution in [0.15, 0.2) is 21.8 Å². The average Bonchev–Trinajstić information content (AvgIpc) is 1.91. The molecule has 0 radical (unpaired) electrons. The maximum absolute atomic E-state index is 2.35. The summed E-state index contributed by atoms with van der Waals surface area (Å²) >= 11 is 2.02. The molecule has 0 aromatic heterocycles. The molecule has 0 fully saturated rings. The zero-order valence-electron chi connectivity index (χ0n) is 5.47. The number of allylic oxidation sites excluding steroid dienone is 3. The summed E-state index contributed by atoms with van der Waals surface area (Å²) in [6.07, 6.45) is 9.95. The molecule has 0 nitrogen and oxygen atoms in total. The third-order valence-electron chi connectivity index (χ3n) is 1.61. The zero-order chi connectivity index (χ0) is 6.53. The van der Waals surface area contributed by atoms with Gasteiger partial charge in [0.25, 0.3) is 22.6 Å². The van der Waals surface area contributed by atoms with Gasteiger partial charge < -0.3 is 0 Å². The van der Waals surface area contributed by atoms with Crippen molar-refractivity contribution in [3.63, 3.8) is 0 Å². The third kappa shape index (κ3) is 2.52. The second-order valence-corrected chi connectivity index (χ2v) is 3.10. The monoisotopic (exact) mass is 235 g/mol. The maximum Gasteiger partial charge on any atom is 0.288 e. The quantitative estimate of drug-likeness (QED) is 0.526.